The monoisotopic (exact) mass is 264 g/mol. The molecule has 0 aliphatic carbocycles. The molecule has 108 valence electrons. The third kappa shape index (κ3) is 4.83. The van der Waals surface area contributed by atoms with Gasteiger partial charge in [0.05, 0.1) is 0 Å². The van der Waals surface area contributed by atoms with E-state index in [1.54, 1.807) is 0 Å². The zero-order chi connectivity index (χ0) is 14.4. The third-order valence-electron chi connectivity index (χ3n) is 3.53. The molecule has 1 rings (SSSR count). The molecular formula is C16H28N2O. The largest absolute Gasteiger partial charge is 0.326 e. The summed E-state index contributed by atoms with van der Waals surface area (Å²) in [5.41, 5.74) is 1.98. The molecule has 0 saturated carbocycles. The molecule has 0 aliphatic rings. The number of rotatable bonds is 7. The summed E-state index contributed by atoms with van der Waals surface area (Å²) in [6, 6.07) is 4.94. The minimum Gasteiger partial charge on any atom is -0.326 e. The number of hydrogen-bond acceptors (Lipinski definition) is 2. The standard InChI is InChI=1S/C16H28N2O/c1-6-7-8-15-10-9-14(16(19)17-15)11-18(12(2)3)13(4)5/h9-10,12-13H,6-8,11H2,1-5H3,(H,17,19). The smallest absolute Gasteiger partial charge is 0.252 e. The highest BCUT2D eigenvalue weighted by Crippen LogP contribution is 2.10. The molecule has 3 nitrogen and oxygen atoms in total. The summed E-state index contributed by atoms with van der Waals surface area (Å²) in [6.45, 7) is 11.6. The Kier molecular flexibility index (Phi) is 6.29. The van der Waals surface area contributed by atoms with Gasteiger partial charge >= 0.3 is 0 Å². The van der Waals surface area contributed by atoms with E-state index >= 15 is 0 Å². The Morgan fingerprint density at radius 3 is 2.26 bits per heavy atom. The maximum atomic E-state index is 12.1. The molecule has 0 aromatic carbocycles. The molecule has 1 aromatic heterocycles. The SMILES string of the molecule is CCCCc1ccc(CN(C(C)C)C(C)C)c(=O)[nH]1. The van der Waals surface area contributed by atoms with E-state index in [1.807, 2.05) is 6.07 Å². The van der Waals surface area contributed by atoms with Crippen molar-refractivity contribution in [1.29, 1.82) is 0 Å². The fourth-order valence-corrected chi connectivity index (χ4v) is 2.34. The van der Waals surface area contributed by atoms with Crippen molar-refractivity contribution in [3.05, 3.63) is 33.7 Å². The fourth-order valence-electron chi connectivity index (χ4n) is 2.34. The predicted octanol–water partition coefficient (Wildman–Crippen LogP) is 3.34. The molecule has 0 unspecified atom stereocenters. The molecular weight excluding hydrogens is 236 g/mol. The summed E-state index contributed by atoms with van der Waals surface area (Å²) in [6.07, 6.45) is 3.24. The van der Waals surface area contributed by atoms with E-state index < -0.39 is 0 Å². The summed E-state index contributed by atoms with van der Waals surface area (Å²) >= 11 is 0. The highest BCUT2D eigenvalue weighted by atomic mass is 16.1. The lowest BCUT2D eigenvalue weighted by atomic mass is 10.1. The zero-order valence-electron chi connectivity index (χ0n) is 13.0. The topological polar surface area (TPSA) is 36.1 Å². The number of aromatic amines is 1. The first-order chi connectivity index (χ1) is 8.95. The Bertz CT molecular complexity index is 427. The summed E-state index contributed by atoms with van der Waals surface area (Å²) in [5, 5.41) is 0. The van der Waals surface area contributed by atoms with Crippen LogP contribution < -0.4 is 5.56 Å². The number of aryl methyl sites for hydroxylation is 1. The van der Waals surface area contributed by atoms with Crippen molar-refractivity contribution in [3.8, 4) is 0 Å². The van der Waals surface area contributed by atoms with Gasteiger partial charge in [-0.25, -0.2) is 0 Å². The van der Waals surface area contributed by atoms with Crippen LogP contribution in [0.15, 0.2) is 16.9 Å². The highest BCUT2D eigenvalue weighted by molar-refractivity contribution is 5.14. The third-order valence-corrected chi connectivity index (χ3v) is 3.53. The first kappa shape index (κ1) is 16.0. The van der Waals surface area contributed by atoms with Crippen LogP contribution in [0.25, 0.3) is 0 Å². The minimum atomic E-state index is 0.0694. The van der Waals surface area contributed by atoms with Gasteiger partial charge in [-0.1, -0.05) is 19.4 Å². The van der Waals surface area contributed by atoms with Crippen LogP contribution >= 0.6 is 0 Å². The summed E-state index contributed by atoms with van der Waals surface area (Å²) in [5.74, 6) is 0. The Balaban J connectivity index is 2.82. The van der Waals surface area contributed by atoms with E-state index in [9.17, 15) is 4.79 Å². The molecule has 0 aliphatic heterocycles. The Labute approximate surface area is 117 Å². The van der Waals surface area contributed by atoms with Crippen molar-refractivity contribution in [2.24, 2.45) is 0 Å². The van der Waals surface area contributed by atoms with Gasteiger partial charge in [-0.3, -0.25) is 9.69 Å². The number of nitrogens with one attached hydrogen (secondary N) is 1. The molecule has 19 heavy (non-hydrogen) atoms. The average Bonchev–Trinajstić information content (AvgIpc) is 2.34. The second kappa shape index (κ2) is 7.49. The van der Waals surface area contributed by atoms with Gasteiger partial charge in [0.25, 0.3) is 5.56 Å². The van der Waals surface area contributed by atoms with Gasteiger partial charge in [0, 0.05) is 29.9 Å². The van der Waals surface area contributed by atoms with Crippen LogP contribution in [0.1, 0.15) is 58.7 Å². The van der Waals surface area contributed by atoms with Crippen LogP contribution in [-0.2, 0) is 13.0 Å². The van der Waals surface area contributed by atoms with E-state index in [0.29, 0.717) is 12.1 Å². The molecule has 1 heterocycles. The average molecular weight is 264 g/mol. The van der Waals surface area contributed by atoms with E-state index in [4.69, 9.17) is 0 Å². The molecule has 0 spiro atoms. The predicted molar refractivity (Wildman–Crippen MR) is 81.5 cm³/mol. The number of unbranched alkanes of at least 4 members (excludes halogenated alkanes) is 1. The van der Waals surface area contributed by atoms with Gasteiger partial charge in [0.1, 0.15) is 0 Å². The number of pyridine rings is 1. The lowest BCUT2D eigenvalue weighted by Gasteiger charge is -2.30. The molecule has 0 fully saturated rings. The van der Waals surface area contributed by atoms with Gasteiger partial charge in [-0.05, 0) is 46.6 Å². The molecule has 1 N–H and O–H groups in total. The Morgan fingerprint density at radius 1 is 1.16 bits per heavy atom. The second-order valence-electron chi connectivity index (χ2n) is 5.80. The number of aromatic nitrogens is 1. The summed E-state index contributed by atoms with van der Waals surface area (Å²) in [4.78, 5) is 17.4. The maximum Gasteiger partial charge on any atom is 0.252 e. The first-order valence-corrected chi connectivity index (χ1v) is 7.42. The number of nitrogens with zero attached hydrogens (tertiary/aromatic N) is 1. The molecule has 0 saturated heterocycles. The maximum absolute atomic E-state index is 12.1. The van der Waals surface area contributed by atoms with Crippen molar-refractivity contribution in [1.82, 2.24) is 9.88 Å². The van der Waals surface area contributed by atoms with Gasteiger partial charge in [0.15, 0.2) is 0 Å². The van der Waals surface area contributed by atoms with Crippen molar-refractivity contribution in [2.45, 2.75) is 72.5 Å². The van der Waals surface area contributed by atoms with Crippen LogP contribution in [0, 0.1) is 0 Å². The quantitative estimate of drug-likeness (QED) is 0.820. The number of H-pyrrole nitrogens is 1. The van der Waals surface area contributed by atoms with Crippen LogP contribution in [0.5, 0.6) is 0 Å². The van der Waals surface area contributed by atoms with Crippen molar-refractivity contribution in [2.75, 3.05) is 0 Å². The minimum absolute atomic E-state index is 0.0694. The normalized spacial score (nSPS) is 11.8. The van der Waals surface area contributed by atoms with Gasteiger partial charge in [0.2, 0.25) is 0 Å². The zero-order valence-corrected chi connectivity index (χ0v) is 13.0. The van der Waals surface area contributed by atoms with Crippen LogP contribution in [0.4, 0.5) is 0 Å². The molecule has 0 bridgehead atoms. The van der Waals surface area contributed by atoms with E-state index in [2.05, 4.69) is 50.6 Å². The lowest BCUT2D eigenvalue weighted by Crippen LogP contribution is -2.38. The van der Waals surface area contributed by atoms with Gasteiger partial charge < -0.3 is 4.98 Å². The summed E-state index contributed by atoms with van der Waals surface area (Å²) < 4.78 is 0. The van der Waals surface area contributed by atoms with E-state index in [0.717, 1.165) is 37.1 Å². The van der Waals surface area contributed by atoms with Crippen LogP contribution in [-0.4, -0.2) is 22.0 Å². The van der Waals surface area contributed by atoms with E-state index in [1.165, 1.54) is 0 Å². The summed E-state index contributed by atoms with van der Waals surface area (Å²) in [7, 11) is 0. The van der Waals surface area contributed by atoms with Crippen molar-refractivity contribution >= 4 is 0 Å². The molecule has 0 amide bonds. The second-order valence-corrected chi connectivity index (χ2v) is 5.80. The molecule has 3 heteroatoms. The first-order valence-electron chi connectivity index (χ1n) is 7.42. The molecule has 1 aromatic rings. The Morgan fingerprint density at radius 2 is 1.79 bits per heavy atom. The molecule has 0 radical (unpaired) electrons. The van der Waals surface area contributed by atoms with Gasteiger partial charge in [-0.2, -0.15) is 0 Å². The fraction of sp³-hybridized carbons (Fsp3) is 0.688. The number of hydrogen-bond donors (Lipinski definition) is 1. The van der Waals surface area contributed by atoms with E-state index in [-0.39, 0.29) is 5.56 Å². The lowest BCUT2D eigenvalue weighted by molar-refractivity contribution is 0.165. The van der Waals surface area contributed by atoms with Crippen LogP contribution in [0.2, 0.25) is 0 Å². The molecule has 0 atom stereocenters. The van der Waals surface area contributed by atoms with Crippen molar-refractivity contribution < 1.29 is 0 Å². The van der Waals surface area contributed by atoms with Gasteiger partial charge in [-0.15, -0.1) is 0 Å². The van der Waals surface area contributed by atoms with Crippen LogP contribution in [0.3, 0.4) is 0 Å². The highest BCUT2D eigenvalue weighted by Gasteiger charge is 2.15. The Hall–Kier alpha value is -1.09. The van der Waals surface area contributed by atoms with Crippen molar-refractivity contribution in [3.63, 3.8) is 0 Å².